The summed E-state index contributed by atoms with van der Waals surface area (Å²) in [5, 5.41) is 0. The molecule has 68 valence electrons. The Balaban J connectivity index is 3.20. The largest absolute Gasteiger partial charge is 0.428 e. The van der Waals surface area contributed by atoms with Gasteiger partial charge in [-0.3, -0.25) is 0 Å². The molecule has 0 aromatic rings. The van der Waals surface area contributed by atoms with Crippen molar-refractivity contribution in [1.29, 1.82) is 0 Å². The Morgan fingerprint density at radius 2 is 2.18 bits per heavy atom. The number of ether oxygens (including phenoxy) is 2. The molecule has 1 unspecified atom stereocenters. The summed E-state index contributed by atoms with van der Waals surface area (Å²) in [6.07, 6.45) is 1.89. The van der Waals surface area contributed by atoms with E-state index >= 15 is 0 Å². The van der Waals surface area contributed by atoms with Crippen molar-refractivity contribution < 1.29 is 13.9 Å². The van der Waals surface area contributed by atoms with Gasteiger partial charge in [-0.15, -0.1) is 0 Å². The fraction of sp³-hybridized carbons (Fsp3) is 1.00. The highest BCUT2D eigenvalue weighted by Gasteiger charge is 2.04. The maximum absolute atomic E-state index is 5.27. The maximum Gasteiger partial charge on any atom is 0.157 e. The van der Waals surface area contributed by atoms with Gasteiger partial charge < -0.3 is 13.9 Å². The van der Waals surface area contributed by atoms with Crippen LogP contribution in [0.3, 0.4) is 0 Å². The molecule has 0 saturated carbocycles. The maximum atomic E-state index is 5.27. The van der Waals surface area contributed by atoms with Crippen molar-refractivity contribution in [2.45, 2.75) is 26.1 Å². The van der Waals surface area contributed by atoms with E-state index in [2.05, 4.69) is 0 Å². The molecule has 0 spiro atoms. The van der Waals surface area contributed by atoms with E-state index in [0.29, 0.717) is 6.61 Å². The third-order valence-corrected chi connectivity index (χ3v) is 1.81. The Kier molecular flexibility index (Phi) is 8.27. The minimum atomic E-state index is -0.0446. The Morgan fingerprint density at radius 1 is 1.45 bits per heavy atom. The fourth-order valence-electron chi connectivity index (χ4n) is 0.849. The van der Waals surface area contributed by atoms with Gasteiger partial charge in [0.25, 0.3) is 0 Å². The van der Waals surface area contributed by atoms with Crippen LogP contribution in [0, 0.1) is 0 Å². The SMILES string of the molecule is CCOC(CCCO[SiH3])OC. The molecule has 4 heteroatoms. The summed E-state index contributed by atoms with van der Waals surface area (Å²) in [4.78, 5) is 0. The molecule has 0 amide bonds. The number of methoxy groups -OCH3 is 1. The van der Waals surface area contributed by atoms with Crippen LogP contribution < -0.4 is 0 Å². The fourth-order valence-corrected chi connectivity index (χ4v) is 1.14. The molecule has 0 aromatic carbocycles. The molecule has 0 aliphatic heterocycles. The monoisotopic (exact) mass is 178 g/mol. The second-order valence-electron chi connectivity index (χ2n) is 2.26. The van der Waals surface area contributed by atoms with Crippen LogP contribution in [0.5, 0.6) is 0 Å². The van der Waals surface area contributed by atoms with Crippen LogP contribution in [0.25, 0.3) is 0 Å². The summed E-state index contributed by atoms with van der Waals surface area (Å²) in [5.74, 6) is 0. The minimum absolute atomic E-state index is 0.0446. The van der Waals surface area contributed by atoms with Crippen molar-refractivity contribution in [3.05, 3.63) is 0 Å². The van der Waals surface area contributed by atoms with E-state index < -0.39 is 0 Å². The van der Waals surface area contributed by atoms with Gasteiger partial charge in [-0.25, -0.2) is 0 Å². The van der Waals surface area contributed by atoms with E-state index in [0.717, 1.165) is 29.9 Å². The first-order chi connectivity index (χ1) is 5.35. The molecular weight excluding hydrogens is 160 g/mol. The average Bonchev–Trinajstić information content (AvgIpc) is 2.03. The van der Waals surface area contributed by atoms with Crippen LogP contribution in [-0.4, -0.2) is 37.1 Å². The standard InChI is InChI=1S/C7H18O3Si/c1-3-9-7(8-2)5-4-6-10-11/h7H,3-6H2,1-2,11H3. The highest BCUT2D eigenvalue weighted by molar-refractivity contribution is 5.97. The van der Waals surface area contributed by atoms with Crippen molar-refractivity contribution in [2.75, 3.05) is 20.3 Å². The Morgan fingerprint density at radius 3 is 2.64 bits per heavy atom. The zero-order chi connectivity index (χ0) is 8.53. The van der Waals surface area contributed by atoms with Crippen molar-refractivity contribution in [2.24, 2.45) is 0 Å². The lowest BCUT2D eigenvalue weighted by molar-refractivity contribution is -0.125. The molecule has 1 atom stereocenters. The smallest absolute Gasteiger partial charge is 0.157 e. The Hall–Kier alpha value is 0.0969. The molecule has 0 fully saturated rings. The van der Waals surface area contributed by atoms with Gasteiger partial charge in [0.05, 0.1) is 0 Å². The lowest BCUT2D eigenvalue weighted by atomic mass is 10.3. The molecule has 0 aliphatic carbocycles. The summed E-state index contributed by atoms with van der Waals surface area (Å²) in [6, 6.07) is 0. The Bertz CT molecular complexity index is 80.1. The van der Waals surface area contributed by atoms with Gasteiger partial charge in [0, 0.05) is 26.7 Å². The molecule has 0 rings (SSSR count). The second kappa shape index (κ2) is 8.20. The van der Waals surface area contributed by atoms with Crippen LogP contribution in [0.4, 0.5) is 0 Å². The van der Waals surface area contributed by atoms with E-state index in [-0.39, 0.29) is 6.29 Å². The van der Waals surface area contributed by atoms with Crippen LogP contribution in [0.2, 0.25) is 0 Å². The van der Waals surface area contributed by atoms with Crippen LogP contribution in [-0.2, 0) is 13.9 Å². The van der Waals surface area contributed by atoms with Crippen LogP contribution >= 0.6 is 0 Å². The molecule has 0 aromatic heterocycles. The molecule has 0 aliphatic rings. The molecule has 0 bridgehead atoms. The van der Waals surface area contributed by atoms with Crippen molar-refractivity contribution in [3.63, 3.8) is 0 Å². The summed E-state index contributed by atoms with van der Waals surface area (Å²) in [7, 11) is 2.49. The van der Waals surface area contributed by atoms with E-state index in [9.17, 15) is 0 Å². The summed E-state index contributed by atoms with van der Waals surface area (Å²) in [6.45, 7) is 3.51. The van der Waals surface area contributed by atoms with Crippen LogP contribution in [0.15, 0.2) is 0 Å². The molecular formula is C7H18O3Si. The van der Waals surface area contributed by atoms with E-state index in [1.165, 1.54) is 0 Å². The second-order valence-corrected chi connectivity index (χ2v) is 2.83. The van der Waals surface area contributed by atoms with E-state index in [1.807, 2.05) is 6.92 Å². The number of hydrogen-bond acceptors (Lipinski definition) is 3. The first-order valence-corrected chi connectivity index (χ1v) is 4.80. The molecule has 0 saturated heterocycles. The highest BCUT2D eigenvalue weighted by Crippen LogP contribution is 2.02. The quantitative estimate of drug-likeness (QED) is 0.314. The van der Waals surface area contributed by atoms with Crippen molar-refractivity contribution in [1.82, 2.24) is 0 Å². The zero-order valence-corrected chi connectivity index (χ0v) is 9.63. The third kappa shape index (κ3) is 6.49. The molecule has 11 heavy (non-hydrogen) atoms. The van der Waals surface area contributed by atoms with Gasteiger partial charge in [0.15, 0.2) is 6.29 Å². The van der Waals surface area contributed by atoms with E-state index in [4.69, 9.17) is 13.9 Å². The van der Waals surface area contributed by atoms with Gasteiger partial charge in [0.1, 0.15) is 10.5 Å². The number of hydrogen-bond donors (Lipinski definition) is 0. The minimum Gasteiger partial charge on any atom is -0.428 e. The average molecular weight is 178 g/mol. The van der Waals surface area contributed by atoms with Crippen molar-refractivity contribution >= 4 is 10.5 Å². The topological polar surface area (TPSA) is 27.7 Å². The number of rotatable bonds is 7. The third-order valence-electron chi connectivity index (χ3n) is 1.40. The van der Waals surface area contributed by atoms with Gasteiger partial charge >= 0.3 is 0 Å². The Labute approximate surface area is 71.6 Å². The first kappa shape index (κ1) is 11.1. The zero-order valence-electron chi connectivity index (χ0n) is 7.63. The lowest BCUT2D eigenvalue weighted by Crippen LogP contribution is -2.15. The van der Waals surface area contributed by atoms with Gasteiger partial charge in [0.2, 0.25) is 0 Å². The predicted octanol–water partition coefficient (Wildman–Crippen LogP) is 0.0726. The summed E-state index contributed by atoms with van der Waals surface area (Å²) in [5.41, 5.74) is 0. The van der Waals surface area contributed by atoms with Crippen molar-refractivity contribution in [3.8, 4) is 0 Å². The van der Waals surface area contributed by atoms with Gasteiger partial charge in [-0.05, 0) is 13.3 Å². The normalized spacial score (nSPS) is 13.6. The molecule has 0 radical (unpaired) electrons. The van der Waals surface area contributed by atoms with Gasteiger partial charge in [-0.1, -0.05) is 0 Å². The predicted molar refractivity (Wildman–Crippen MR) is 47.5 cm³/mol. The molecule has 3 nitrogen and oxygen atoms in total. The summed E-state index contributed by atoms with van der Waals surface area (Å²) >= 11 is 0. The lowest BCUT2D eigenvalue weighted by Gasteiger charge is -2.14. The van der Waals surface area contributed by atoms with Crippen LogP contribution in [0.1, 0.15) is 19.8 Å². The van der Waals surface area contributed by atoms with Gasteiger partial charge in [-0.2, -0.15) is 0 Å². The first-order valence-electron chi connectivity index (χ1n) is 3.98. The summed E-state index contributed by atoms with van der Waals surface area (Å²) < 4.78 is 15.4. The highest BCUT2D eigenvalue weighted by atomic mass is 28.2. The van der Waals surface area contributed by atoms with E-state index in [1.54, 1.807) is 7.11 Å². The molecule has 0 N–H and O–H groups in total. The molecule has 0 heterocycles.